The standard InChI is InChI=1S/C20H22FNO3/c1-20(2,3)25-19(24)22-17(13-14-7-5-4-6-8-14)18(23)15-9-11-16(21)12-10-15/h4-12,17H,13H2,1-3H3,(H,22,24)/t17-/m0/s1. The van der Waals surface area contributed by atoms with E-state index in [4.69, 9.17) is 4.74 Å². The van der Waals surface area contributed by atoms with Crippen molar-refractivity contribution in [3.8, 4) is 0 Å². The van der Waals surface area contributed by atoms with Gasteiger partial charge in [0.25, 0.3) is 0 Å². The Morgan fingerprint density at radius 1 is 1.04 bits per heavy atom. The van der Waals surface area contributed by atoms with Gasteiger partial charge in [0.2, 0.25) is 0 Å². The molecule has 0 aliphatic rings. The number of alkyl carbamates (subject to hydrolysis) is 1. The summed E-state index contributed by atoms with van der Waals surface area (Å²) in [6.07, 6.45) is -0.347. The Hall–Kier alpha value is -2.69. The van der Waals surface area contributed by atoms with Crippen molar-refractivity contribution < 1.29 is 18.7 Å². The second-order valence-corrected chi connectivity index (χ2v) is 6.76. The van der Waals surface area contributed by atoms with Crippen molar-refractivity contribution in [1.82, 2.24) is 5.32 Å². The predicted molar refractivity (Wildman–Crippen MR) is 94.0 cm³/mol. The molecule has 0 radical (unpaired) electrons. The SMILES string of the molecule is CC(C)(C)OC(=O)N[C@@H](Cc1ccccc1)C(=O)c1ccc(F)cc1. The summed E-state index contributed by atoms with van der Waals surface area (Å²) in [4.78, 5) is 24.9. The lowest BCUT2D eigenvalue weighted by Crippen LogP contribution is -2.44. The van der Waals surface area contributed by atoms with Crippen molar-refractivity contribution in [1.29, 1.82) is 0 Å². The van der Waals surface area contributed by atoms with Crippen molar-refractivity contribution in [2.75, 3.05) is 0 Å². The number of benzene rings is 2. The summed E-state index contributed by atoms with van der Waals surface area (Å²) in [5, 5.41) is 2.63. The molecule has 0 bridgehead atoms. The van der Waals surface area contributed by atoms with Crippen LogP contribution in [0.2, 0.25) is 0 Å². The zero-order valence-electron chi connectivity index (χ0n) is 14.6. The van der Waals surface area contributed by atoms with Crippen LogP contribution in [0.4, 0.5) is 9.18 Å². The maximum Gasteiger partial charge on any atom is 0.408 e. The van der Waals surface area contributed by atoms with Crippen LogP contribution < -0.4 is 5.32 Å². The van der Waals surface area contributed by atoms with Crippen LogP contribution in [-0.4, -0.2) is 23.5 Å². The van der Waals surface area contributed by atoms with Crippen molar-refractivity contribution in [2.24, 2.45) is 0 Å². The minimum Gasteiger partial charge on any atom is -0.444 e. The Morgan fingerprint density at radius 3 is 2.20 bits per heavy atom. The topological polar surface area (TPSA) is 55.4 Å². The molecule has 25 heavy (non-hydrogen) atoms. The number of Topliss-reactive ketones (excluding diaryl/α,β-unsaturated/α-hetero) is 1. The largest absolute Gasteiger partial charge is 0.444 e. The van der Waals surface area contributed by atoms with Gasteiger partial charge in [-0.15, -0.1) is 0 Å². The highest BCUT2D eigenvalue weighted by Crippen LogP contribution is 2.13. The van der Waals surface area contributed by atoms with Crippen molar-refractivity contribution in [2.45, 2.75) is 38.8 Å². The number of hydrogen-bond donors (Lipinski definition) is 1. The van der Waals surface area contributed by atoms with E-state index < -0.39 is 23.6 Å². The second kappa shape index (κ2) is 7.92. The van der Waals surface area contributed by atoms with E-state index in [2.05, 4.69) is 5.32 Å². The first-order valence-electron chi connectivity index (χ1n) is 8.08. The zero-order valence-corrected chi connectivity index (χ0v) is 14.6. The van der Waals surface area contributed by atoms with Gasteiger partial charge in [-0.2, -0.15) is 0 Å². The van der Waals surface area contributed by atoms with Gasteiger partial charge in [0, 0.05) is 12.0 Å². The highest BCUT2D eigenvalue weighted by atomic mass is 19.1. The molecule has 1 N–H and O–H groups in total. The van der Waals surface area contributed by atoms with E-state index in [1.807, 2.05) is 30.3 Å². The average molecular weight is 343 g/mol. The molecule has 0 unspecified atom stereocenters. The summed E-state index contributed by atoms with van der Waals surface area (Å²) in [6.45, 7) is 5.25. The minimum atomic E-state index is -0.803. The fraction of sp³-hybridized carbons (Fsp3) is 0.300. The Balaban J connectivity index is 2.20. The Kier molecular flexibility index (Phi) is 5.91. The van der Waals surface area contributed by atoms with Gasteiger partial charge in [-0.3, -0.25) is 4.79 Å². The molecule has 1 amide bonds. The lowest BCUT2D eigenvalue weighted by atomic mass is 9.97. The quantitative estimate of drug-likeness (QED) is 0.830. The highest BCUT2D eigenvalue weighted by Gasteiger charge is 2.25. The van der Waals surface area contributed by atoms with Crippen LogP contribution in [0.1, 0.15) is 36.7 Å². The van der Waals surface area contributed by atoms with Gasteiger partial charge in [0.1, 0.15) is 11.4 Å². The predicted octanol–water partition coefficient (Wildman–Crippen LogP) is 4.14. The molecule has 132 valence electrons. The average Bonchev–Trinajstić information content (AvgIpc) is 2.53. The van der Waals surface area contributed by atoms with Crippen LogP contribution in [0.5, 0.6) is 0 Å². The van der Waals surface area contributed by atoms with Crippen LogP contribution in [0, 0.1) is 5.82 Å². The molecule has 0 saturated carbocycles. The number of nitrogens with one attached hydrogen (secondary N) is 1. The number of ether oxygens (including phenoxy) is 1. The van der Waals surface area contributed by atoms with Gasteiger partial charge in [0.05, 0.1) is 6.04 Å². The van der Waals surface area contributed by atoms with E-state index in [1.165, 1.54) is 24.3 Å². The summed E-state index contributed by atoms with van der Waals surface area (Å²) >= 11 is 0. The van der Waals surface area contributed by atoms with E-state index >= 15 is 0 Å². The third-order valence-corrected chi connectivity index (χ3v) is 3.42. The number of halogens is 1. The van der Waals surface area contributed by atoms with Crippen LogP contribution in [0.15, 0.2) is 54.6 Å². The summed E-state index contributed by atoms with van der Waals surface area (Å²) in [6, 6.07) is 13.8. The minimum absolute atomic E-state index is 0.297. The molecule has 4 nitrogen and oxygen atoms in total. The number of rotatable bonds is 5. The van der Waals surface area contributed by atoms with Crippen molar-refractivity contribution >= 4 is 11.9 Å². The molecule has 2 rings (SSSR count). The molecular weight excluding hydrogens is 321 g/mol. The van der Waals surface area contributed by atoms with Gasteiger partial charge >= 0.3 is 6.09 Å². The zero-order chi connectivity index (χ0) is 18.4. The molecule has 0 fully saturated rings. The first kappa shape index (κ1) is 18.6. The molecule has 0 spiro atoms. The smallest absolute Gasteiger partial charge is 0.408 e. The van der Waals surface area contributed by atoms with Crippen LogP contribution in [-0.2, 0) is 11.2 Å². The molecule has 2 aromatic rings. The van der Waals surface area contributed by atoms with Gasteiger partial charge in [-0.05, 0) is 50.6 Å². The fourth-order valence-electron chi connectivity index (χ4n) is 2.32. The first-order chi connectivity index (χ1) is 11.7. The molecule has 5 heteroatoms. The van der Waals surface area contributed by atoms with Gasteiger partial charge in [-0.25, -0.2) is 9.18 Å². The number of carbonyl (C=O) groups excluding carboxylic acids is 2. The monoisotopic (exact) mass is 343 g/mol. The fourth-order valence-corrected chi connectivity index (χ4v) is 2.32. The number of carbonyl (C=O) groups is 2. The number of ketones is 1. The highest BCUT2D eigenvalue weighted by molar-refractivity contribution is 6.01. The lowest BCUT2D eigenvalue weighted by molar-refractivity contribution is 0.0491. The Morgan fingerprint density at radius 2 is 1.64 bits per heavy atom. The van der Waals surface area contributed by atoms with Crippen LogP contribution in [0.25, 0.3) is 0 Å². The van der Waals surface area contributed by atoms with Gasteiger partial charge in [0.15, 0.2) is 5.78 Å². The third-order valence-electron chi connectivity index (χ3n) is 3.42. The van der Waals surface area contributed by atoms with E-state index in [0.29, 0.717) is 12.0 Å². The van der Waals surface area contributed by atoms with Gasteiger partial charge in [-0.1, -0.05) is 30.3 Å². The molecule has 2 aromatic carbocycles. The van der Waals surface area contributed by atoms with Crippen LogP contribution >= 0.6 is 0 Å². The van der Waals surface area contributed by atoms with Crippen LogP contribution in [0.3, 0.4) is 0 Å². The van der Waals surface area contributed by atoms with E-state index in [9.17, 15) is 14.0 Å². The molecule has 0 aromatic heterocycles. The summed E-state index contributed by atoms with van der Waals surface area (Å²) in [5.41, 5.74) is 0.567. The van der Waals surface area contributed by atoms with Gasteiger partial charge < -0.3 is 10.1 Å². The Bertz CT molecular complexity index is 721. The van der Waals surface area contributed by atoms with E-state index in [-0.39, 0.29) is 5.78 Å². The maximum absolute atomic E-state index is 13.1. The van der Waals surface area contributed by atoms with E-state index in [1.54, 1.807) is 20.8 Å². The molecule has 0 aliphatic heterocycles. The number of amides is 1. The molecule has 0 heterocycles. The molecular formula is C20H22FNO3. The number of hydrogen-bond acceptors (Lipinski definition) is 3. The molecule has 0 aliphatic carbocycles. The second-order valence-electron chi connectivity index (χ2n) is 6.76. The van der Waals surface area contributed by atoms with Crippen molar-refractivity contribution in [3.63, 3.8) is 0 Å². The summed E-state index contributed by atoms with van der Waals surface area (Å²) in [5.74, 6) is -0.717. The lowest BCUT2D eigenvalue weighted by Gasteiger charge is -2.23. The maximum atomic E-state index is 13.1. The normalized spacial score (nSPS) is 12.3. The third kappa shape index (κ3) is 6.03. The summed E-state index contributed by atoms with van der Waals surface area (Å²) < 4.78 is 18.3. The Labute approximate surface area is 147 Å². The van der Waals surface area contributed by atoms with E-state index in [0.717, 1.165) is 5.56 Å². The van der Waals surface area contributed by atoms with Crippen molar-refractivity contribution in [3.05, 3.63) is 71.5 Å². The molecule has 1 atom stereocenters. The first-order valence-corrected chi connectivity index (χ1v) is 8.08. The summed E-state index contributed by atoms with van der Waals surface area (Å²) in [7, 11) is 0. The molecule has 0 saturated heterocycles.